The minimum absolute atomic E-state index is 0.517. The molecule has 1 aromatic heterocycles. The number of aromatic nitrogens is 2. The molecule has 1 heterocycles. The van der Waals surface area contributed by atoms with Gasteiger partial charge >= 0.3 is 0 Å². The summed E-state index contributed by atoms with van der Waals surface area (Å²) in [6.45, 7) is 1.77. The van der Waals surface area contributed by atoms with Crippen molar-refractivity contribution in [2.75, 3.05) is 7.11 Å². The summed E-state index contributed by atoms with van der Waals surface area (Å²) in [7, 11) is 1.55. The summed E-state index contributed by atoms with van der Waals surface area (Å²) in [5, 5.41) is 10.9. The molecule has 2 rings (SSSR count). The van der Waals surface area contributed by atoms with E-state index in [4.69, 9.17) is 16.3 Å². The zero-order chi connectivity index (χ0) is 13.1. The lowest BCUT2D eigenvalue weighted by Gasteiger charge is -2.14. The van der Waals surface area contributed by atoms with Crippen molar-refractivity contribution in [2.45, 2.75) is 13.0 Å². The average Bonchev–Trinajstić information content (AvgIpc) is 2.38. The summed E-state index contributed by atoms with van der Waals surface area (Å²) in [6, 6.07) is 6.76. The quantitative estimate of drug-likeness (QED) is 0.926. The molecule has 0 aliphatic heterocycles. The zero-order valence-corrected chi connectivity index (χ0v) is 10.8. The van der Waals surface area contributed by atoms with Crippen LogP contribution in [-0.2, 0) is 0 Å². The van der Waals surface area contributed by atoms with Gasteiger partial charge in [0.15, 0.2) is 0 Å². The molecule has 4 nitrogen and oxygen atoms in total. The number of benzene rings is 1. The molecule has 5 heteroatoms. The predicted molar refractivity (Wildman–Crippen MR) is 68.8 cm³/mol. The van der Waals surface area contributed by atoms with Gasteiger partial charge in [-0.05, 0) is 31.2 Å². The first-order valence-corrected chi connectivity index (χ1v) is 5.80. The van der Waals surface area contributed by atoms with Gasteiger partial charge in [-0.2, -0.15) is 0 Å². The van der Waals surface area contributed by atoms with Crippen LogP contribution in [0.4, 0.5) is 0 Å². The van der Waals surface area contributed by atoms with Crippen LogP contribution in [0.25, 0.3) is 0 Å². The Morgan fingerprint density at radius 3 is 2.78 bits per heavy atom. The van der Waals surface area contributed by atoms with Crippen molar-refractivity contribution < 1.29 is 9.84 Å². The van der Waals surface area contributed by atoms with Gasteiger partial charge < -0.3 is 9.84 Å². The molecule has 0 saturated heterocycles. The van der Waals surface area contributed by atoms with E-state index in [1.54, 1.807) is 44.5 Å². The van der Waals surface area contributed by atoms with Gasteiger partial charge in [0.05, 0.1) is 12.8 Å². The van der Waals surface area contributed by atoms with E-state index in [9.17, 15) is 5.11 Å². The maximum absolute atomic E-state index is 10.3. The lowest BCUT2D eigenvalue weighted by molar-refractivity contribution is 0.209. The van der Waals surface area contributed by atoms with E-state index in [-0.39, 0.29) is 0 Å². The number of rotatable bonds is 3. The molecule has 0 amide bonds. The molecule has 2 aromatic rings. The number of hydrogen-bond acceptors (Lipinski definition) is 4. The van der Waals surface area contributed by atoms with Gasteiger partial charge in [-0.1, -0.05) is 11.6 Å². The van der Waals surface area contributed by atoms with Crippen molar-refractivity contribution in [1.82, 2.24) is 9.97 Å². The second-order valence-electron chi connectivity index (χ2n) is 3.82. The molecule has 94 valence electrons. The summed E-state index contributed by atoms with van der Waals surface area (Å²) in [4.78, 5) is 8.19. The van der Waals surface area contributed by atoms with Crippen LogP contribution in [0, 0.1) is 6.92 Å². The van der Waals surface area contributed by atoms with Crippen molar-refractivity contribution in [3.63, 3.8) is 0 Å². The largest absolute Gasteiger partial charge is 0.496 e. The Bertz CT molecular complexity index is 560. The van der Waals surface area contributed by atoms with Crippen LogP contribution in [0.1, 0.15) is 23.2 Å². The molecular formula is C13H13ClN2O2. The maximum atomic E-state index is 10.3. The second-order valence-corrected chi connectivity index (χ2v) is 4.25. The van der Waals surface area contributed by atoms with Crippen LogP contribution in [-0.4, -0.2) is 22.2 Å². The number of aliphatic hydroxyl groups is 1. The summed E-state index contributed by atoms with van der Waals surface area (Å²) in [5.74, 6) is 1.18. The Balaban J connectivity index is 2.44. The van der Waals surface area contributed by atoms with Gasteiger partial charge in [-0.25, -0.2) is 9.97 Å². The molecule has 18 heavy (non-hydrogen) atoms. The number of aliphatic hydroxyl groups excluding tert-OH is 1. The predicted octanol–water partition coefficient (Wildman–Crippen LogP) is 2.53. The molecule has 1 unspecified atom stereocenters. The Morgan fingerprint density at radius 1 is 1.33 bits per heavy atom. The summed E-state index contributed by atoms with van der Waals surface area (Å²) >= 11 is 5.94. The molecule has 1 N–H and O–H groups in total. The number of methoxy groups -OCH3 is 1. The summed E-state index contributed by atoms with van der Waals surface area (Å²) in [6.07, 6.45) is 0.720. The molecule has 1 atom stereocenters. The van der Waals surface area contributed by atoms with E-state index >= 15 is 0 Å². The van der Waals surface area contributed by atoms with Gasteiger partial charge in [-0.15, -0.1) is 0 Å². The summed E-state index contributed by atoms with van der Waals surface area (Å²) < 4.78 is 5.21. The van der Waals surface area contributed by atoms with Gasteiger partial charge in [-0.3, -0.25) is 0 Å². The third kappa shape index (κ3) is 2.60. The van der Waals surface area contributed by atoms with Crippen LogP contribution in [0.3, 0.4) is 0 Å². The van der Waals surface area contributed by atoms with Crippen LogP contribution < -0.4 is 4.74 Å². The van der Waals surface area contributed by atoms with E-state index < -0.39 is 6.10 Å². The lowest BCUT2D eigenvalue weighted by atomic mass is 10.1. The third-order valence-electron chi connectivity index (χ3n) is 2.56. The Morgan fingerprint density at radius 2 is 2.11 bits per heavy atom. The number of nitrogens with zero attached hydrogens (tertiary/aromatic N) is 2. The fourth-order valence-electron chi connectivity index (χ4n) is 1.70. The van der Waals surface area contributed by atoms with Crippen LogP contribution in [0.2, 0.25) is 5.02 Å². The Hall–Kier alpha value is -1.65. The highest BCUT2D eigenvalue weighted by Gasteiger charge is 2.17. The Labute approximate surface area is 110 Å². The van der Waals surface area contributed by atoms with E-state index in [1.807, 2.05) is 0 Å². The van der Waals surface area contributed by atoms with Crippen LogP contribution >= 0.6 is 11.6 Å². The SMILES string of the molecule is COc1ccc(Cl)cc1C(O)c1ccnc(C)n1. The van der Waals surface area contributed by atoms with E-state index in [0.717, 1.165) is 0 Å². The number of hydrogen-bond donors (Lipinski definition) is 1. The molecular weight excluding hydrogens is 252 g/mol. The molecule has 0 aliphatic rings. The van der Waals surface area contributed by atoms with Crippen LogP contribution in [0.5, 0.6) is 5.75 Å². The fourth-order valence-corrected chi connectivity index (χ4v) is 1.89. The van der Waals surface area contributed by atoms with Gasteiger partial charge in [0.1, 0.15) is 17.7 Å². The topological polar surface area (TPSA) is 55.2 Å². The molecule has 0 fully saturated rings. The normalized spacial score (nSPS) is 12.2. The second kappa shape index (κ2) is 5.33. The van der Waals surface area contributed by atoms with Crippen molar-refractivity contribution in [3.8, 4) is 5.75 Å². The minimum Gasteiger partial charge on any atom is -0.496 e. The van der Waals surface area contributed by atoms with Gasteiger partial charge in [0.2, 0.25) is 0 Å². The van der Waals surface area contributed by atoms with Crippen molar-refractivity contribution in [3.05, 3.63) is 52.6 Å². The van der Waals surface area contributed by atoms with E-state index in [0.29, 0.717) is 27.9 Å². The van der Waals surface area contributed by atoms with Crippen molar-refractivity contribution >= 4 is 11.6 Å². The van der Waals surface area contributed by atoms with Crippen molar-refractivity contribution in [2.24, 2.45) is 0 Å². The van der Waals surface area contributed by atoms with Crippen molar-refractivity contribution in [1.29, 1.82) is 0 Å². The lowest BCUT2D eigenvalue weighted by Crippen LogP contribution is -2.06. The molecule has 1 aromatic carbocycles. The highest BCUT2D eigenvalue weighted by molar-refractivity contribution is 6.30. The summed E-state index contributed by atoms with van der Waals surface area (Å²) in [5.41, 5.74) is 1.10. The molecule has 0 spiro atoms. The highest BCUT2D eigenvalue weighted by atomic mass is 35.5. The molecule has 0 bridgehead atoms. The first kappa shape index (κ1) is 12.8. The maximum Gasteiger partial charge on any atom is 0.125 e. The number of aryl methyl sites for hydroxylation is 1. The average molecular weight is 265 g/mol. The third-order valence-corrected chi connectivity index (χ3v) is 2.80. The van der Waals surface area contributed by atoms with Crippen LogP contribution in [0.15, 0.2) is 30.5 Å². The first-order chi connectivity index (χ1) is 8.61. The number of halogens is 1. The highest BCUT2D eigenvalue weighted by Crippen LogP contribution is 2.31. The monoisotopic (exact) mass is 264 g/mol. The molecule has 0 aliphatic carbocycles. The standard InChI is InChI=1S/C13H13ClN2O2/c1-8-15-6-5-11(16-8)13(17)10-7-9(14)3-4-12(10)18-2/h3-7,13,17H,1-2H3. The van der Waals surface area contributed by atoms with Gasteiger partial charge in [0, 0.05) is 16.8 Å². The van der Waals surface area contributed by atoms with Gasteiger partial charge in [0.25, 0.3) is 0 Å². The first-order valence-electron chi connectivity index (χ1n) is 5.43. The fraction of sp³-hybridized carbons (Fsp3) is 0.231. The zero-order valence-electron chi connectivity index (χ0n) is 10.1. The Kier molecular flexibility index (Phi) is 3.79. The molecule has 0 saturated carbocycles. The van der Waals surface area contributed by atoms with E-state index in [1.165, 1.54) is 0 Å². The molecule has 0 radical (unpaired) electrons. The smallest absolute Gasteiger partial charge is 0.125 e. The number of ether oxygens (including phenoxy) is 1. The minimum atomic E-state index is -0.889. The van der Waals surface area contributed by atoms with E-state index in [2.05, 4.69) is 9.97 Å².